The van der Waals surface area contributed by atoms with Crippen molar-refractivity contribution >= 4 is 5.91 Å². The van der Waals surface area contributed by atoms with Crippen molar-refractivity contribution in [2.45, 2.75) is 32.5 Å². The van der Waals surface area contributed by atoms with Crippen LogP contribution in [0.4, 0.5) is 0 Å². The molecule has 1 aliphatic rings. The number of methoxy groups -OCH3 is 1. The van der Waals surface area contributed by atoms with E-state index in [1.807, 2.05) is 24.3 Å². The van der Waals surface area contributed by atoms with Gasteiger partial charge in [0.1, 0.15) is 12.3 Å². The molecule has 0 bridgehead atoms. The highest BCUT2D eigenvalue weighted by molar-refractivity contribution is 5.75. The van der Waals surface area contributed by atoms with Gasteiger partial charge in [-0.1, -0.05) is 36.4 Å². The number of hydrogen-bond donors (Lipinski definition) is 1. The lowest BCUT2D eigenvalue weighted by Gasteiger charge is -2.28. The molecule has 1 amide bonds. The molecule has 8 heteroatoms. The minimum Gasteiger partial charge on any atom is -0.497 e. The van der Waals surface area contributed by atoms with Crippen molar-refractivity contribution in [3.63, 3.8) is 0 Å². The highest BCUT2D eigenvalue weighted by Gasteiger charge is 2.19. The number of tetrazole rings is 1. The smallest absolute Gasteiger partial charge is 0.241 e. The fourth-order valence-electron chi connectivity index (χ4n) is 3.68. The molecule has 30 heavy (non-hydrogen) atoms. The summed E-state index contributed by atoms with van der Waals surface area (Å²) < 4.78 is 6.75. The van der Waals surface area contributed by atoms with Crippen LogP contribution in [0.3, 0.4) is 0 Å². The molecule has 0 spiro atoms. The van der Waals surface area contributed by atoms with E-state index in [0.29, 0.717) is 18.9 Å². The summed E-state index contributed by atoms with van der Waals surface area (Å²) in [6.45, 7) is 3.14. The van der Waals surface area contributed by atoms with Crippen LogP contribution in [-0.4, -0.2) is 51.2 Å². The van der Waals surface area contributed by atoms with Gasteiger partial charge in [-0.25, -0.2) is 4.68 Å². The first-order valence-electron chi connectivity index (χ1n) is 10.1. The number of nitrogens with zero attached hydrogens (tertiary/aromatic N) is 5. The van der Waals surface area contributed by atoms with Gasteiger partial charge >= 0.3 is 0 Å². The molecule has 156 valence electrons. The molecule has 8 nitrogen and oxygen atoms in total. The molecule has 1 aromatic heterocycles. The molecule has 2 aromatic carbocycles. The first kappa shape index (κ1) is 20.0. The first-order valence-corrected chi connectivity index (χ1v) is 10.1. The number of fused-ring (bicyclic) bond motifs is 1. The monoisotopic (exact) mass is 406 g/mol. The molecule has 0 saturated carbocycles. The van der Waals surface area contributed by atoms with Crippen molar-refractivity contribution in [2.75, 3.05) is 20.2 Å². The molecule has 0 unspecified atom stereocenters. The number of ether oxygens (including phenoxy) is 1. The summed E-state index contributed by atoms with van der Waals surface area (Å²) >= 11 is 0. The highest BCUT2D eigenvalue weighted by Crippen LogP contribution is 2.19. The maximum atomic E-state index is 12.3. The lowest BCUT2D eigenvalue weighted by Crippen LogP contribution is -2.33. The predicted molar refractivity (Wildman–Crippen MR) is 112 cm³/mol. The van der Waals surface area contributed by atoms with E-state index in [1.54, 1.807) is 11.8 Å². The van der Waals surface area contributed by atoms with Gasteiger partial charge in [-0.3, -0.25) is 9.69 Å². The van der Waals surface area contributed by atoms with E-state index < -0.39 is 0 Å². The normalized spacial score (nSPS) is 13.6. The quantitative estimate of drug-likeness (QED) is 0.612. The predicted octanol–water partition coefficient (Wildman–Crippen LogP) is 1.60. The summed E-state index contributed by atoms with van der Waals surface area (Å²) in [6, 6.07) is 16.4. The molecule has 0 saturated heterocycles. The van der Waals surface area contributed by atoms with Crippen molar-refractivity contribution in [1.29, 1.82) is 0 Å². The van der Waals surface area contributed by atoms with E-state index in [0.717, 1.165) is 37.2 Å². The Kier molecular flexibility index (Phi) is 6.34. The number of rotatable bonds is 8. The van der Waals surface area contributed by atoms with Crippen molar-refractivity contribution in [1.82, 2.24) is 30.4 Å². The SMILES string of the molecule is COc1ccc(CCNC(=O)Cn2nnnc2CN2CCc3ccccc3C2)cc1. The molecule has 1 aliphatic heterocycles. The second kappa shape index (κ2) is 9.49. The Labute approximate surface area is 175 Å². The lowest BCUT2D eigenvalue weighted by molar-refractivity contribution is -0.121. The van der Waals surface area contributed by atoms with Crippen LogP contribution in [0.1, 0.15) is 22.5 Å². The van der Waals surface area contributed by atoms with E-state index in [9.17, 15) is 4.79 Å². The third-order valence-electron chi connectivity index (χ3n) is 5.37. The van der Waals surface area contributed by atoms with E-state index in [2.05, 4.69) is 50.0 Å². The molecule has 2 heterocycles. The highest BCUT2D eigenvalue weighted by atomic mass is 16.5. The summed E-state index contributed by atoms with van der Waals surface area (Å²) in [5.74, 6) is 1.44. The Morgan fingerprint density at radius 3 is 2.73 bits per heavy atom. The topological polar surface area (TPSA) is 85.2 Å². The fourth-order valence-corrected chi connectivity index (χ4v) is 3.68. The van der Waals surface area contributed by atoms with Crippen molar-refractivity contribution in [2.24, 2.45) is 0 Å². The maximum Gasteiger partial charge on any atom is 0.241 e. The van der Waals surface area contributed by atoms with Crippen LogP contribution < -0.4 is 10.1 Å². The van der Waals surface area contributed by atoms with Gasteiger partial charge in [0.25, 0.3) is 0 Å². The fraction of sp³-hybridized carbons (Fsp3) is 0.364. The third-order valence-corrected chi connectivity index (χ3v) is 5.37. The van der Waals surface area contributed by atoms with Crippen LogP contribution in [0.2, 0.25) is 0 Å². The number of carbonyl (C=O) groups is 1. The second-order valence-corrected chi connectivity index (χ2v) is 7.43. The van der Waals surface area contributed by atoms with Gasteiger partial charge in [0, 0.05) is 19.6 Å². The zero-order valence-corrected chi connectivity index (χ0v) is 17.1. The van der Waals surface area contributed by atoms with E-state index in [-0.39, 0.29) is 12.5 Å². The van der Waals surface area contributed by atoms with Gasteiger partial charge < -0.3 is 10.1 Å². The van der Waals surface area contributed by atoms with Crippen molar-refractivity contribution in [3.8, 4) is 5.75 Å². The maximum absolute atomic E-state index is 12.3. The Balaban J connectivity index is 1.26. The summed E-state index contributed by atoms with van der Waals surface area (Å²) in [6.07, 6.45) is 1.77. The van der Waals surface area contributed by atoms with Crippen LogP contribution in [0, 0.1) is 0 Å². The van der Waals surface area contributed by atoms with Crippen molar-refractivity contribution in [3.05, 3.63) is 71.0 Å². The van der Waals surface area contributed by atoms with Gasteiger partial charge in [-0.05, 0) is 52.1 Å². The Morgan fingerprint density at radius 1 is 1.13 bits per heavy atom. The van der Waals surface area contributed by atoms with Gasteiger partial charge in [-0.15, -0.1) is 5.10 Å². The zero-order valence-electron chi connectivity index (χ0n) is 17.1. The van der Waals surface area contributed by atoms with E-state index >= 15 is 0 Å². The average Bonchev–Trinajstić information content (AvgIpc) is 3.20. The summed E-state index contributed by atoms with van der Waals surface area (Å²) in [7, 11) is 1.65. The number of hydrogen-bond acceptors (Lipinski definition) is 6. The van der Waals surface area contributed by atoms with Crippen LogP contribution in [0.15, 0.2) is 48.5 Å². The Hall–Kier alpha value is -3.26. The molecule has 0 radical (unpaired) electrons. The average molecular weight is 406 g/mol. The second-order valence-electron chi connectivity index (χ2n) is 7.43. The van der Waals surface area contributed by atoms with Crippen LogP contribution in [-0.2, 0) is 37.3 Å². The van der Waals surface area contributed by atoms with Gasteiger partial charge in [0.05, 0.1) is 13.7 Å². The van der Waals surface area contributed by atoms with Gasteiger partial charge in [0.2, 0.25) is 5.91 Å². The molecule has 3 aromatic rings. The number of amides is 1. The third kappa shape index (κ3) is 5.01. The Morgan fingerprint density at radius 2 is 1.93 bits per heavy atom. The zero-order chi connectivity index (χ0) is 20.8. The first-order chi connectivity index (χ1) is 14.7. The van der Waals surface area contributed by atoms with Crippen LogP contribution >= 0.6 is 0 Å². The standard InChI is InChI=1S/C22H26N6O2/c1-30-20-8-6-17(7-9-20)10-12-23-22(29)16-28-21(24-25-26-28)15-27-13-11-18-4-2-3-5-19(18)14-27/h2-9H,10-16H2,1H3,(H,23,29). The number of benzene rings is 2. The van der Waals surface area contributed by atoms with E-state index in [1.165, 1.54) is 11.1 Å². The molecule has 0 atom stereocenters. The van der Waals surface area contributed by atoms with Crippen LogP contribution in [0.25, 0.3) is 0 Å². The number of aromatic nitrogens is 4. The summed E-state index contributed by atoms with van der Waals surface area (Å²) in [5.41, 5.74) is 3.90. The lowest BCUT2D eigenvalue weighted by atomic mass is 10.00. The van der Waals surface area contributed by atoms with Gasteiger partial charge in [0.15, 0.2) is 5.82 Å². The minimum atomic E-state index is -0.0962. The number of nitrogens with one attached hydrogen (secondary N) is 1. The minimum absolute atomic E-state index is 0.0962. The largest absolute Gasteiger partial charge is 0.497 e. The molecule has 0 fully saturated rings. The molecular formula is C22H26N6O2. The molecule has 4 rings (SSSR count). The van der Waals surface area contributed by atoms with E-state index in [4.69, 9.17) is 4.74 Å². The van der Waals surface area contributed by atoms with Crippen molar-refractivity contribution < 1.29 is 9.53 Å². The molecule has 0 aliphatic carbocycles. The van der Waals surface area contributed by atoms with Gasteiger partial charge in [-0.2, -0.15) is 0 Å². The summed E-state index contributed by atoms with van der Waals surface area (Å²) in [5, 5.41) is 14.9. The number of carbonyl (C=O) groups excluding carboxylic acids is 1. The Bertz CT molecular complexity index is 985. The molecular weight excluding hydrogens is 380 g/mol. The molecule has 1 N–H and O–H groups in total. The van der Waals surface area contributed by atoms with Crippen LogP contribution in [0.5, 0.6) is 5.75 Å². The summed E-state index contributed by atoms with van der Waals surface area (Å²) in [4.78, 5) is 14.7.